The first-order valence-electron chi connectivity index (χ1n) is 11.0. The van der Waals surface area contributed by atoms with E-state index in [9.17, 15) is 25.0 Å². The van der Waals surface area contributed by atoms with Crippen molar-refractivity contribution in [3.05, 3.63) is 96.4 Å². The molecular formula is C25H17N5O5S3. The number of nitrogens with one attached hydrogen (secondary N) is 1. The summed E-state index contributed by atoms with van der Waals surface area (Å²) in [6, 6.07) is 14.8. The van der Waals surface area contributed by atoms with E-state index < -0.39 is 9.85 Å². The Hall–Kier alpha value is -4.07. The van der Waals surface area contributed by atoms with Crippen molar-refractivity contribution in [3.63, 3.8) is 0 Å². The third kappa shape index (κ3) is 5.44. The smallest absolute Gasteiger partial charge is 0.283 e. The van der Waals surface area contributed by atoms with Crippen LogP contribution in [0, 0.1) is 34.1 Å². The summed E-state index contributed by atoms with van der Waals surface area (Å²) in [5.74, 6) is -0.331. The number of hydrogen-bond donors (Lipinski definition) is 1. The largest absolute Gasteiger partial charge is 0.300 e. The number of amides is 1. The fraction of sp³-hybridized carbons (Fsp3) is 0.0800. The molecule has 0 radical (unpaired) electrons. The zero-order valence-electron chi connectivity index (χ0n) is 19.8. The molecule has 3 aromatic carbocycles. The molecule has 1 aromatic heterocycles. The van der Waals surface area contributed by atoms with Gasteiger partial charge in [-0.1, -0.05) is 23.9 Å². The van der Waals surface area contributed by atoms with Crippen molar-refractivity contribution < 1.29 is 14.6 Å². The van der Waals surface area contributed by atoms with E-state index in [0.717, 1.165) is 40.3 Å². The highest BCUT2D eigenvalue weighted by Crippen LogP contribution is 2.40. The number of fused-ring (bicyclic) bond motifs is 1. The first kappa shape index (κ1) is 25.6. The molecule has 0 unspecified atom stereocenters. The Morgan fingerprint density at radius 3 is 2.55 bits per heavy atom. The lowest BCUT2D eigenvalue weighted by molar-refractivity contribution is -0.387. The number of hydrogen-bond acceptors (Lipinski definition) is 10. The number of thioether (sulfide) groups is 1. The second-order valence-electron chi connectivity index (χ2n) is 8.23. The first-order valence-corrected chi connectivity index (χ1v) is 13.5. The van der Waals surface area contributed by atoms with Gasteiger partial charge in [-0.25, -0.2) is 9.98 Å². The van der Waals surface area contributed by atoms with Gasteiger partial charge in [0.15, 0.2) is 9.51 Å². The molecule has 1 saturated heterocycles. The van der Waals surface area contributed by atoms with Crippen molar-refractivity contribution >= 4 is 79.3 Å². The number of carbonyl (C=O) groups is 1. The molecule has 1 fully saturated rings. The van der Waals surface area contributed by atoms with Gasteiger partial charge >= 0.3 is 0 Å². The van der Waals surface area contributed by atoms with Gasteiger partial charge in [-0.15, -0.1) is 11.3 Å². The highest BCUT2D eigenvalue weighted by Gasteiger charge is 2.25. The Bertz CT molecular complexity index is 1710. The van der Waals surface area contributed by atoms with Crippen LogP contribution in [0.4, 0.5) is 17.1 Å². The van der Waals surface area contributed by atoms with Crippen LogP contribution in [0.5, 0.6) is 0 Å². The van der Waals surface area contributed by atoms with Crippen molar-refractivity contribution in [2.75, 3.05) is 0 Å². The Morgan fingerprint density at radius 2 is 1.82 bits per heavy atom. The Kier molecular flexibility index (Phi) is 6.97. The van der Waals surface area contributed by atoms with Gasteiger partial charge in [-0.05, 0) is 72.6 Å². The summed E-state index contributed by atoms with van der Waals surface area (Å²) < 4.78 is 1.14. The predicted octanol–water partition coefficient (Wildman–Crippen LogP) is 6.77. The van der Waals surface area contributed by atoms with Crippen molar-refractivity contribution in [3.8, 4) is 0 Å². The molecule has 1 N–H and O–H groups in total. The number of rotatable bonds is 6. The van der Waals surface area contributed by atoms with Crippen molar-refractivity contribution in [1.82, 2.24) is 10.3 Å². The van der Waals surface area contributed by atoms with Crippen LogP contribution in [-0.4, -0.2) is 25.9 Å². The van der Waals surface area contributed by atoms with Gasteiger partial charge in [-0.2, -0.15) is 0 Å². The summed E-state index contributed by atoms with van der Waals surface area (Å²) in [6.07, 6.45) is 1.58. The molecule has 0 saturated carbocycles. The fourth-order valence-electron chi connectivity index (χ4n) is 3.54. The second kappa shape index (κ2) is 10.4. The molecule has 0 bridgehead atoms. The van der Waals surface area contributed by atoms with E-state index in [0.29, 0.717) is 35.1 Å². The number of amidine groups is 1. The summed E-state index contributed by atoms with van der Waals surface area (Å²) in [4.78, 5) is 44.1. The van der Waals surface area contributed by atoms with Gasteiger partial charge in [0.05, 0.1) is 35.6 Å². The van der Waals surface area contributed by atoms with Crippen molar-refractivity contribution in [2.24, 2.45) is 4.99 Å². The Labute approximate surface area is 228 Å². The van der Waals surface area contributed by atoms with Gasteiger partial charge in [-0.3, -0.25) is 25.0 Å². The highest BCUT2D eigenvalue weighted by molar-refractivity contribution is 8.18. The van der Waals surface area contributed by atoms with Crippen LogP contribution in [0.2, 0.25) is 0 Å². The topological polar surface area (TPSA) is 141 Å². The number of aryl methyl sites for hydroxylation is 2. The molecule has 38 heavy (non-hydrogen) atoms. The van der Waals surface area contributed by atoms with Crippen LogP contribution in [0.25, 0.3) is 16.3 Å². The van der Waals surface area contributed by atoms with E-state index in [4.69, 9.17) is 0 Å². The van der Waals surface area contributed by atoms with Gasteiger partial charge in [0.1, 0.15) is 0 Å². The number of aromatic nitrogens is 1. The summed E-state index contributed by atoms with van der Waals surface area (Å²) in [6.45, 7) is 4.00. The third-order valence-corrected chi connectivity index (χ3v) is 8.66. The van der Waals surface area contributed by atoms with Crippen LogP contribution in [-0.2, 0) is 4.79 Å². The molecule has 2 heterocycles. The number of thiazole rings is 1. The molecule has 0 atom stereocenters. The van der Waals surface area contributed by atoms with E-state index >= 15 is 0 Å². The summed E-state index contributed by atoms with van der Waals surface area (Å²) >= 11 is 3.49. The monoisotopic (exact) mass is 563 g/mol. The number of nitrogens with zero attached hydrogens (tertiary/aromatic N) is 4. The molecule has 4 aromatic rings. The van der Waals surface area contributed by atoms with Crippen LogP contribution < -0.4 is 5.32 Å². The van der Waals surface area contributed by atoms with Crippen LogP contribution in [0.1, 0.15) is 16.7 Å². The SMILES string of the molecule is Cc1ccc(N=C2NC(=O)/C(=C/c3ccc(Sc4nc5ccc([N+](=O)[O-])cc5s4)c([N+](=O)[O-])c3)S2)cc1C. The lowest BCUT2D eigenvalue weighted by Gasteiger charge is -2.02. The average Bonchev–Trinajstić information content (AvgIpc) is 3.43. The molecule has 10 nitrogen and oxygen atoms in total. The molecule has 1 aliphatic rings. The first-order chi connectivity index (χ1) is 18.2. The minimum Gasteiger partial charge on any atom is -0.300 e. The normalized spacial score (nSPS) is 15.4. The molecule has 13 heteroatoms. The van der Waals surface area contributed by atoms with Gasteiger partial charge in [0.25, 0.3) is 17.3 Å². The van der Waals surface area contributed by atoms with E-state index in [1.807, 2.05) is 32.0 Å². The fourth-order valence-corrected chi connectivity index (χ4v) is 6.52. The molecule has 0 spiro atoms. The highest BCUT2D eigenvalue weighted by atomic mass is 32.2. The van der Waals surface area contributed by atoms with E-state index in [1.54, 1.807) is 24.3 Å². The summed E-state index contributed by atoms with van der Waals surface area (Å²) in [5, 5.41) is 26.0. The average molecular weight is 564 g/mol. The number of non-ortho nitro benzene ring substituents is 1. The minimum atomic E-state index is -0.489. The Balaban J connectivity index is 1.39. The van der Waals surface area contributed by atoms with E-state index in [1.165, 1.54) is 29.5 Å². The zero-order chi connectivity index (χ0) is 27.0. The summed E-state index contributed by atoms with van der Waals surface area (Å²) in [7, 11) is 0. The van der Waals surface area contributed by atoms with Crippen molar-refractivity contribution in [2.45, 2.75) is 23.1 Å². The number of benzene rings is 3. The number of nitro groups is 2. The maximum absolute atomic E-state index is 12.5. The minimum absolute atomic E-state index is 0.0444. The number of aliphatic imine (C=N–C) groups is 1. The van der Waals surface area contributed by atoms with Crippen molar-refractivity contribution in [1.29, 1.82) is 0 Å². The van der Waals surface area contributed by atoms with Gasteiger partial charge in [0, 0.05) is 18.2 Å². The van der Waals surface area contributed by atoms with Crippen LogP contribution >= 0.6 is 34.9 Å². The van der Waals surface area contributed by atoms with Crippen LogP contribution in [0.3, 0.4) is 0 Å². The molecular weight excluding hydrogens is 547 g/mol. The van der Waals surface area contributed by atoms with E-state index in [2.05, 4.69) is 15.3 Å². The molecule has 5 rings (SSSR count). The molecule has 0 aliphatic carbocycles. The lowest BCUT2D eigenvalue weighted by Crippen LogP contribution is -2.19. The summed E-state index contributed by atoms with van der Waals surface area (Å²) in [5.41, 5.74) is 3.85. The standard InChI is InChI=1S/C25H17N5O5S3/c1-13-3-5-16(9-14(13)2)26-24-28-23(31)22(36-24)11-15-4-8-20(19(10-15)30(34)35)37-25-27-18-7-6-17(29(32)33)12-21(18)38-25/h3-12H,1-2H3,(H,26,28,31)/b22-11-. The number of carbonyl (C=O) groups excluding carboxylic acids is 1. The van der Waals surface area contributed by atoms with Crippen LogP contribution in [0.15, 0.2) is 73.7 Å². The molecule has 1 aliphatic heterocycles. The van der Waals surface area contributed by atoms with E-state index in [-0.39, 0.29) is 17.3 Å². The second-order valence-corrected chi connectivity index (χ2v) is 11.6. The number of nitro benzene ring substituents is 2. The maximum Gasteiger partial charge on any atom is 0.283 e. The quantitative estimate of drug-likeness (QED) is 0.154. The molecule has 190 valence electrons. The lowest BCUT2D eigenvalue weighted by atomic mass is 10.1. The van der Waals surface area contributed by atoms with Gasteiger partial charge in [0.2, 0.25) is 0 Å². The molecule has 1 amide bonds. The maximum atomic E-state index is 12.5. The Morgan fingerprint density at radius 1 is 1.00 bits per heavy atom. The van der Waals surface area contributed by atoms with Gasteiger partial charge < -0.3 is 5.32 Å². The zero-order valence-corrected chi connectivity index (χ0v) is 22.3. The third-order valence-electron chi connectivity index (χ3n) is 5.61. The predicted molar refractivity (Wildman–Crippen MR) is 150 cm³/mol.